The molecule has 4 rings (SSSR count). The van der Waals surface area contributed by atoms with Crippen LogP contribution in [0.25, 0.3) is 5.69 Å². The van der Waals surface area contributed by atoms with Gasteiger partial charge in [-0.3, -0.25) is 0 Å². The minimum atomic E-state index is -1.50. The fourth-order valence-corrected chi connectivity index (χ4v) is 4.45. The van der Waals surface area contributed by atoms with Crippen molar-refractivity contribution < 1.29 is 29.0 Å². The largest absolute Gasteiger partial charge is 0.497 e. The van der Waals surface area contributed by atoms with Gasteiger partial charge >= 0.3 is 5.97 Å². The summed E-state index contributed by atoms with van der Waals surface area (Å²) in [6.45, 7) is 0.653. The van der Waals surface area contributed by atoms with Crippen LogP contribution in [-0.2, 0) is 15.7 Å². The number of morpholine rings is 1. The molecule has 0 aliphatic carbocycles. The second-order valence-electron chi connectivity index (χ2n) is 7.83. The van der Waals surface area contributed by atoms with Gasteiger partial charge in [-0.25, -0.2) is 14.5 Å². The fourth-order valence-electron chi connectivity index (χ4n) is 3.76. The summed E-state index contributed by atoms with van der Waals surface area (Å²) in [4.78, 5) is 14.7. The van der Waals surface area contributed by atoms with E-state index in [0.29, 0.717) is 24.6 Å². The molecule has 11 heteroatoms. The summed E-state index contributed by atoms with van der Waals surface area (Å²) >= 11 is 0. The third-order valence-corrected chi connectivity index (χ3v) is 6.65. The first-order valence-corrected chi connectivity index (χ1v) is 11.4. The van der Waals surface area contributed by atoms with E-state index in [1.165, 1.54) is 11.0 Å². The van der Waals surface area contributed by atoms with Crippen molar-refractivity contribution in [2.75, 3.05) is 20.3 Å². The van der Waals surface area contributed by atoms with Crippen LogP contribution < -0.4 is 10.1 Å². The van der Waals surface area contributed by atoms with Crippen molar-refractivity contribution in [2.45, 2.75) is 23.9 Å². The predicted octanol–water partition coefficient (Wildman–Crippen LogP) is 1.69. The average Bonchev–Trinajstić information content (AvgIpc) is 3.35. The Labute approximate surface area is 191 Å². The molecular weight excluding hydrogens is 447 g/mol. The number of nitrogens with zero attached hydrogens (tertiary/aromatic N) is 3. The molecule has 2 unspecified atom stereocenters. The molecule has 3 aromatic rings. The number of methoxy groups -OCH3 is 1. The highest BCUT2D eigenvalue weighted by Gasteiger charge is 2.40. The molecule has 1 aliphatic rings. The molecule has 0 spiro atoms. The van der Waals surface area contributed by atoms with Crippen LogP contribution in [0.5, 0.6) is 5.75 Å². The Balaban J connectivity index is 1.38. The fraction of sp³-hybridized carbons (Fsp3) is 0.318. The van der Waals surface area contributed by atoms with Gasteiger partial charge in [0.2, 0.25) is 0 Å². The van der Waals surface area contributed by atoms with Crippen LogP contribution >= 0.6 is 8.46 Å². The molecule has 1 aliphatic heterocycles. The van der Waals surface area contributed by atoms with Gasteiger partial charge in [-0.2, -0.15) is 0 Å². The lowest BCUT2D eigenvalue weighted by atomic mass is 10.00. The van der Waals surface area contributed by atoms with Crippen LogP contribution in [0.15, 0.2) is 54.9 Å². The van der Waals surface area contributed by atoms with Crippen molar-refractivity contribution in [2.24, 2.45) is 0 Å². The quantitative estimate of drug-likeness (QED) is 0.419. The predicted molar refractivity (Wildman–Crippen MR) is 121 cm³/mol. The summed E-state index contributed by atoms with van der Waals surface area (Å²) in [6.07, 6.45) is 0.963. The number of ether oxygens (including phenoxy) is 2. The zero-order valence-corrected chi connectivity index (χ0v) is 19.1. The first-order valence-electron chi connectivity index (χ1n) is 10.3. The van der Waals surface area contributed by atoms with Crippen molar-refractivity contribution in [3.63, 3.8) is 0 Å². The highest BCUT2D eigenvalue weighted by Crippen LogP contribution is 2.33. The Morgan fingerprint density at radius 2 is 2.00 bits per heavy atom. The van der Waals surface area contributed by atoms with Crippen LogP contribution in [0, 0.1) is 0 Å². The lowest BCUT2D eigenvalue weighted by Gasteiger charge is -2.38. The maximum absolute atomic E-state index is 12.0. The van der Waals surface area contributed by atoms with Gasteiger partial charge in [0, 0.05) is 13.0 Å². The molecule has 174 valence electrons. The first-order chi connectivity index (χ1) is 15.9. The Morgan fingerprint density at radius 3 is 2.55 bits per heavy atom. The summed E-state index contributed by atoms with van der Waals surface area (Å²) < 4.78 is 24.5. The van der Waals surface area contributed by atoms with E-state index in [2.05, 4.69) is 15.4 Å². The Morgan fingerprint density at radius 1 is 1.27 bits per heavy atom. The molecule has 1 aromatic heterocycles. The van der Waals surface area contributed by atoms with Crippen molar-refractivity contribution >= 4 is 14.4 Å². The lowest BCUT2D eigenvalue weighted by molar-refractivity contribution is -0.0853. The molecule has 2 aromatic carbocycles. The van der Waals surface area contributed by atoms with Crippen LogP contribution in [0.4, 0.5) is 0 Å². The molecule has 1 fully saturated rings. The number of aromatic nitrogens is 3. The summed E-state index contributed by atoms with van der Waals surface area (Å²) in [5.41, 5.74) is 2.49. The molecule has 3 N–H and O–H groups in total. The van der Waals surface area contributed by atoms with Gasteiger partial charge in [0.25, 0.3) is 5.82 Å². The monoisotopic (exact) mass is 472 g/mol. The summed E-state index contributed by atoms with van der Waals surface area (Å²) in [5.74, 6) is -0.738. The SMILES string of the molecule is COc1ccc(CC(O)([PH2]=O)[C@H]2CN[C@H](c3ccc(-n4cnc(C(=O)O)n4)cc3)CO2)cc1. The molecular formula is C22H25N4O6P. The number of benzene rings is 2. The highest BCUT2D eigenvalue weighted by molar-refractivity contribution is 7.25. The van der Waals surface area contributed by atoms with Gasteiger partial charge in [0.05, 0.1) is 33.9 Å². The van der Waals surface area contributed by atoms with E-state index in [9.17, 15) is 14.5 Å². The topological polar surface area (TPSA) is 136 Å². The third-order valence-electron chi connectivity index (χ3n) is 5.66. The van der Waals surface area contributed by atoms with Gasteiger partial charge < -0.3 is 29.6 Å². The smallest absolute Gasteiger partial charge is 0.375 e. The number of carboxylic acids is 1. The average molecular weight is 472 g/mol. The standard InChI is InChI=1S/C22H25N4O6P/c1-31-17-8-2-14(3-9-17)10-22(29,33-30)19-11-23-18(12-32-19)15-4-6-16(7-5-15)26-13-24-20(25-26)21(27)28/h2-9,13,18-19,23,29H,10-12,33H2,1H3,(H,27,28)/t18-,19+,22?/m0/s1. The van der Waals surface area contributed by atoms with Crippen LogP contribution in [0.3, 0.4) is 0 Å². The molecule has 1 saturated heterocycles. The van der Waals surface area contributed by atoms with Crippen molar-refractivity contribution in [3.8, 4) is 11.4 Å². The van der Waals surface area contributed by atoms with Gasteiger partial charge in [-0.05, 0) is 35.4 Å². The maximum Gasteiger partial charge on any atom is 0.375 e. The minimum Gasteiger partial charge on any atom is -0.497 e. The van der Waals surface area contributed by atoms with Crippen LogP contribution in [-0.4, -0.2) is 62.7 Å². The second kappa shape index (κ2) is 9.84. The van der Waals surface area contributed by atoms with Crippen LogP contribution in [0.2, 0.25) is 0 Å². The van der Waals surface area contributed by atoms with E-state index < -0.39 is 25.9 Å². The number of carbonyl (C=O) groups is 1. The van der Waals surface area contributed by atoms with E-state index >= 15 is 0 Å². The molecule has 0 bridgehead atoms. The second-order valence-corrected chi connectivity index (χ2v) is 9.06. The van der Waals surface area contributed by atoms with Gasteiger partial charge in [0.1, 0.15) is 23.5 Å². The summed E-state index contributed by atoms with van der Waals surface area (Å²) in [6, 6.07) is 14.6. The molecule has 10 nitrogen and oxygen atoms in total. The Bertz CT molecular complexity index is 1110. The number of carboxylic acid groups (broad SMARTS) is 1. The number of hydrogen-bond donors (Lipinski definition) is 3. The van der Waals surface area contributed by atoms with Gasteiger partial charge in [-0.15, -0.1) is 5.10 Å². The number of aromatic carboxylic acids is 1. The molecule has 0 saturated carbocycles. The van der Waals surface area contributed by atoms with E-state index in [1.54, 1.807) is 19.2 Å². The zero-order chi connectivity index (χ0) is 23.4. The van der Waals surface area contributed by atoms with E-state index in [0.717, 1.165) is 11.1 Å². The molecule has 0 radical (unpaired) electrons. The van der Waals surface area contributed by atoms with Gasteiger partial charge in [-0.1, -0.05) is 24.3 Å². The number of rotatable bonds is 8. The molecule has 0 amide bonds. The molecule has 2 heterocycles. The molecule has 33 heavy (non-hydrogen) atoms. The Hall–Kier alpha value is -3.04. The van der Waals surface area contributed by atoms with Crippen molar-refractivity contribution in [1.82, 2.24) is 20.1 Å². The van der Waals surface area contributed by atoms with E-state index in [4.69, 9.17) is 14.6 Å². The first kappa shape index (κ1) is 23.1. The number of nitrogens with one attached hydrogen (secondary N) is 1. The molecule has 4 atom stereocenters. The number of aliphatic hydroxyl groups is 1. The van der Waals surface area contributed by atoms with Crippen molar-refractivity contribution in [1.29, 1.82) is 0 Å². The van der Waals surface area contributed by atoms with Gasteiger partial charge in [0.15, 0.2) is 0 Å². The van der Waals surface area contributed by atoms with Crippen LogP contribution in [0.1, 0.15) is 27.8 Å². The highest BCUT2D eigenvalue weighted by atomic mass is 31.1. The normalized spacial score (nSPS) is 20.5. The summed E-state index contributed by atoms with van der Waals surface area (Å²) in [5, 5.41) is 25.8. The lowest BCUT2D eigenvalue weighted by Crippen LogP contribution is -2.52. The number of hydrogen-bond acceptors (Lipinski definition) is 8. The minimum absolute atomic E-state index is 0.104. The Kier molecular flexibility index (Phi) is 6.90. The van der Waals surface area contributed by atoms with Crippen molar-refractivity contribution in [3.05, 3.63) is 71.8 Å². The maximum atomic E-state index is 12.0. The summed E-state index contributed by atoms with van der Waals surface area (Å²) in [7, 11) is 0.0905. The van der Waals surface area contributed by atoms with E-state index in [-0.39, 0.29) is 18.3 Å². The van der Waals surface area contributed by atoms with E-state index in [1.807, 2.05) is 36.4 Å². The zero-order valence-electron chi connectivity index (χ0n) is 17.9. The third kappa shape index (κ3) is 5.15.